The average Bonchev–Trinajstić information content (AvgIpc) is 2.90. The van der Waals surface area contributed by atoms with E-state index in [9.17, 15) is 5.26 Å². The Morgan fingerprint density at radius 3 is 2.46 bits per heavy atom. The van der Waals surface area contributed by atoms with Crippen molar-refractivity contribution in [2.45, 2.75) is 31.6 Å². The normalized spacial score (nSPS) is 15.3. The van der Waals surface area contributed by atoms with E-state index in [4.69, 9.17) is 11.6 Å². The molecule has 1 fully saturated rings. The molecule has 3 rings (SSSR count). The van der Waals surface area contributed by atoms with Crippen LogP contribution in [0.3, 0.4) is 0 Å². The van der Waals surface area contributed by atoms with Crippen LogP contribution in [-0.2, 0) is 0 Å². The van der Waals surface area contributed by atoms with Crippen LogP contribution in [0.5, 0.6) is 0 Å². The van der Waals surface area contributed by atoms with E-state index in [0.29, 0.717) is 5.02 Å². The molecule has 0 unspecified atom stereocenters. The topological polar surface area (TPSA) is 55.7 Å². The predicted octanol–water partition coefficient (Wildman–Crippen LogP) is 4.76. The van der Waals surface area contributed by atoms with Crippen LogP contribution in [0.1, 0.15) is 29.8 Å². The summed E-state index contributed by atoms with van der Waals surface area (Å²) in [6.45, 7) is 5.94. The smallest absolute Gasteiger partial charge is 0.0997 e. The Balaban J connectivity index is 1.71. The van der Waals surface area contributed by atoms with E-state index < -0.39 is 0 Å². The fourth-order valence-corrected chi connectivity index (χ4v) is 3.98. The SMILES string of the molecule is Cc1n[nH]c(C)c1SN1CCC(=C(C#N)c2ccc(Cl)cc2)CC1. The zero-order valence-corrected chi connectivity index (χ0v) is 15.3. The molecule has 1 aliphatic rings. The number of nitrogens with zero attached hydrogens (tertiary/aromatic N) is 3. The molecule has 0 atom stereocenters. The predicted molar refractivity (Wildman–Crippen MR) is 98.7 cm³/mol. The maximum Gasteiger partial charge on any atom is 0.0997 e. The highest BCUT2D eigenvalue weighted by Gasteiger charge is 2.20. The van der Waals surface area contributed by atoms with Gasteiger partial charge in [0.1, 0.15) is 0 Å². The number of H-pyrrole nitrogens is 1. The van der Waals surface area contributed by atoms with E-state index in [-0.39, 0.29) is 0 Å². The van der Waals surface area contributed by atoms with Crippen LogP contribution in [0.4, 0.5) is 0 Å². The van der Waals surface area contributed by atoms with Gasteiger partial charge in [-0.1, -0.05) is 23.7 Å². The van der Waals surface area contributed by atoms with Crippen LogP contribution < -0.4 is 0 Å². The lowest BCUT2D eigenvalue weighted by molar-refractivity contribution is 0.435. The number of rotatable bonds is 3. The van der Waals surface area contributed by atoms with E-state index in [0.717, 1.165) is 48.5 Å². The Bertz CT molecular complexity index is 772. The first-order valence-electron chi connectivity index (χ1n) is 7.91. The van der Waals surface area contributed by atoms with Gasteiger partial charge in [0, 0.05) is 23.8 Å². The number of aromatic nitrogens is 2. The van der Waals surface area contributed by atoms with E-state index in [2.05, 4.69) is 20.6 Å². The van der Waals surface area contributed by atoms with Gasteiger partial charge >= 0.3 is 0 Å². The Labute approximate surface area is 151 Å². The number of allylic oxidation sites excluding steroid dienone is 1. The molecule has 1 aromatic heterocycles. The monoisotopic (exact) mass is 358 g/mol. The van der Waals surface area contributed by atoms with E-state index >= 15 is 0 Å². The summed E-state index contributed by atoms with van der Waals surface area (Å²) in [5, 5.41) is 17.5. The molecule has 0 amide bonds. The number of aromatic amines is 1. The zero-order chi connectivity index (χ0) is 17.1. The molecule has 1 aromatic carbocycles. The minimum Gasteiger partial charge on any atom is -0.281 e. The van der Waals surface area contributed by atoms with Gasteiger partial charge in [0.05, 0.1) is 22.2 Å². The summed E-state index contributed by atoms with van der Waals surface area (Å²) < 4.78 is 2.35. The molecular formula is C18H19ClN4S. The Hall–Kier alpha value is -1.74. The highest BCUT2D eigenvalue weighted by molar-refractivity contribution is 7.97. The van der Waals surface area contributed by atoms with Crippen molar-refractivity contribution in [3.8, 4) is 6.07 Å². The van der Waals surface area contributed by atoms with Crippen LogP contribution in [0.25, 0.3) is 5.57 Å². The molecule has 24 heavy (non-hydrogen) atoms. The standard InChI is InChI=1S/C18H19ClN4S/c1-12-18(13(2)22-21-12)24-23-9-7-15(8-10-23)17(11-20)14-3-5-16(19)6-4-14/h3-6H,7-10H2,1-2H3,(H,21,22). The third kappa shape index (κ3) is 3.67. The summed E-state index contributed by atoms with van der Waals surface area (Å²) in [5.74, 6) is 0. The van der Waals surface area contributed by atoms with Gasteiger partial charge in [0.15, 0.2) is 0 Å². The quantitative estimate of drug-likeness (QED) is 0.634. The highest BCUT2D eigenvalue weighted by Crippen LogP contribution is 2.33. The minimum absolute atomic E-state index is 0.693. The minimum atomic E-state index is 0.693. The Kier molecular flexibility index (Phi) is 5.30. The second-order valence-electron chi connectivity index (χ2n) is 5.88. The molecule has 0 bridgehead atoms. The van der Waals surface area contributed by atoms with Gasteiger partial charge in [-0.3, -0.25) is 5.10 Å². The average molecular weight is 359 g/mol. The highest BCUT2D eigenvalue weighted by atomic mass is 35.5. The molecule has 0 radical (unpaired) electrons. The summed E-state index contributed by atoms with van der Waals surface area (Å²) in [6.07, 6.45) is 1.82. The zero-order valence-electron chi connectivity index (χ0n) is 13.8. The van der Waals surface area contributed by atoms with E-state index in [1.165, 1.54) is 10.5 Å². The molecule has 6 heteroatoms. The first-order valence-corrected chi connectivity index (χ1v) is 9.06. The lowest BCUT2D eigenvalue weighted by atomic mass is 9.95. The van der Waals surface area contributed by atoms with Gasteiger partial charge in [-0.25, -0.2) is 4.31 Å². The van der Waals surface area contributed by atoms with Gasteiger partial charge in [0.2, 0.25) is 0 Å². The maximum absolute atomic E-state index is 9.58. The molecule has 0 saturated carbocycles. The van der Waals surface area contributed by atoms with Crippen LogP contribution in [0, 0.1) is 25.2 Å². The van der Waals surface area contributed by atoms with Gasteiger partial charge < -0.3 is 0 Å². The second kappa shape index (κ2) is 7.43. The molecule has 1 aliphatic heterocycles. The first kappa shape index (κ1) is 17.1. The Morgan fingerprint density at radius 2 is 1.92 bits per heavy atom. The number of aryl methyl sites for hydroxylation is 2. The van der Waals surface area contributed by atoms with Crippen molar-refractivity contribution in [2.75, 3.05) is 13.1 Å². The van der Waals surface area contributed by atoms with Gasteiger partial charge in [0.25, 0.3) is 0 Å². The van der Waals surface area contributed by atoms with Crippen molar-refractivity contribution in [3.05, 3.63) is 51.8 Å². The molecule has 2 aromatic rings. The molecule has 2 heterocycles. The molecule has 124 valence electrons. The van der Waals surface area contributed by atoms with Crippen molar-refractivity contribution < 1.29 is 0 Å². The van der Waals surface area contributed by atoms with E-state index in [1.54, 1.807) is 11.9 Å². The van der Waals surface area contributed by atoms with Crippen LogP contribution in [0.15, 0.2) is 34.7 Å². The largest absolute Gasteiger partial charge is 0.281 e. The van der Waals surface area contributed by atoms with Crippen LogP contribution in [0.2, 0.25) is 5.02 Å². The molecular weight excluding hydrogens is 340 g/mol. The second-order valence-corrected chi connectivity index (χ2v) is 7.42. The lowest BCUT2D eigenvalue weighted by Crippen LogP contribution is -2.25. The Morgan fingerprint density at radius 1 is 1.25 bits per heavy atom. The van der Waals surface area contributed by atoms with Crippen molar-refractivity contribution in [1.29, 1.82) is 5.26 Å². The van der Waals surface area contributed by atoms with Gasteiger partial charge in [-0.15, -0.1) is 0 Å². The molecule has 4 nitrogen and oxygen atoms in total. The van der Waals surface area contributed by atoms with Crippen molar-refractivity contribution >= 4 is 29.1 Å². The van der Waals surface area contributed by atoms with Crippen molar-refractivity contribution in [1.82, 2.24) is 14.5 Å². The maximum atomic E-state index is 9.58. The van der Waals surface area contributed by atoms with E-state index in [1.807, 2.05) is 38.1 Å². The van der Waals surface area contributed by atoms with Crippen molar-refractivity contribution in [3.63, 3.8) is 0 Å². The molecule has 1 saturated heterocycles. The van der Waals surface area contributed by atoms with Gasteiger partial charge in [-0.05, 0) is 61.9 Å². The number of nitrogens with one attached hydrogen (secondary N) is 1. The first-order chi connectivity index (χ1) is 11.6. The number of benzene rings is 1. The molecule has 1 N–H and O–H groups in total. The number of hydrogen-bond acceptors (Lipinski definition) is 4. The summed E-state index contributed by atoms with van der Waals surface area (Å²) >= 11 is 7.70. The van der Waals surface area contributed by atoms with Crippen LogP contribution >= 0.6 is 23.5 Å². The molecule has 0 spiro atoms. The fourth-order valence-electron chi connectivity index (χ4n) is 2.87. The third-order valence-electron chi connectivity index (χ3n) is 4.21. The number of halogens is 1. The summed E-state index contributed by atoms with van der Waals surface area (Å²) in [6, 6.07) is 9.91. The lowest BCUT2D eigenvalue weighted by Gasteiger charge is -2.27. The molecule has 0 aliphatic carbocycles. The van der Waals surface area contributed by atoms with Crippen LogP contribution in [-0.4, -0.2) is 27.6 Å². The number of nitriles is 1. The third-order valence-corrected chi connectivity index (χ3v) is 5.86. The fraction of sp³-hybridized carbons (Fsp3) is 0.333. The summed E-state index contributed by atoms with van der Waals surface area (Å²) in [7, 11) is 0. The van der Waals surface area contributed by atoms with Crippen molar-refractivity contribution in [2.24, 2.45) is 0 Å². The summed E-state index contributed by atoms with van der Waals surface area (Å²) in [4.78, 5) is 1.21. The number of piperidine rings is 1. The van der Waals surface area contributed by atoms with Gasteiger partial charge in [-0.2, -0.15) is 10.4 Å². The number of hydrogen-bond donors (Lipinski definition) is 1. The summed E-state index contributed by atoms with van der Waals surface area (Å²) in [5.41, 5.74) is 5.14.